The number of nitrogens with one attached hydrogen (secondary N) is 1. The maximum Gasteiger partial charge on any atom is 0.0194 e. The van der Waals surface area contributed by atoms with E-state index < -0.39 is 0 Å². The third kappa shape index (κ3) is 5.87. The lowest BCUT2D eigenvalue weighted by atomic mass is 9.98. The monoisotopic (exact) mass is 240 g/mol. The maximum atomic E-state index is 3.63. The van der Waals surface area contributed by atoms with Crippen molar-refractivity contribution in [2.45, 2.75) is 65.3 Å². The quantitative estimate of drug-likeness (QED) is 0.735. The summed E-state index contributed by atoms with van der Waals surface area (Å²) in [6.45, 7) is 11.9. The molecule has 0 aromatic rings. The molecule has 0 saturated carbocycles. The van der Waals surface area contributed by atoms with Gasteiger partial charge in [-0.05, 0) is 51.2 Å². The zero-order valence-corrected chi connectivity index (χ0v) is 12.2. The fraction of sp³-hybridized carbons (Fsp3) is 1.00. The van der Waals surface area contributed by atoms with E-state index in [-0.39, 0.29) is 0 Å². The van der Waals surface area contributed by atoms with E-state index >= 15 is 0 Å². The molecule has 1 aliphatic rings. The van der Waals surface area contributed by atoms with Gasteiger partial charge in [-0.1, -0.05) is 33.6 Å². The first-order valence-electron chi connectivity index (χ1n) is 7.75. The zero-order valence-electron chi connectivity index (χ0n) is 12.2. The number of rotatable bonds is 7. The van der Waals surface area contributed by atoms with Crippen LogP contribution in [0.5, 0.6) is 0 Å². The number of likely N-dealkylation sites (N-methyl/N-ethyl adjacent to an activating group) is 1. The van der Waals surface area contributed by atoms with E-state index in [1.807, 2.05) is 0 Å². The second kappa shape index (κ2) is 8.93. The SMILES string of the molecule is CCCC(CN1CCCC(CC)CC1)NCC. The fourth-order valence-electron chi connectivity index (χ4n) is 3.02. The molecule has 102 valence electrons. The summed E-state index contributed by atoms with van der Waals surface area (Å²) < 4.78 is 0. The Morgan fingerprint density at radius 3 is 2.65 bits per heavy atom. The van der Waals surface area contributed by atoms with Crippen LogP contribution in [0.25, 0.3) is 0 Å². The Balaban J connectivity index is 2.32. The van der Waals surface area contributed by atoms with Gasteiger partial charge in [-0.25, -0.2) is 0 Å². The summed E-state index contributed by atoms with van der Waals surface area (Å²) in [6.07, 6.45) is 8.27. The third-order valence-corrected chi connectivity index (χ3v) is 4.13. The van der Waals surface area contributed by atoms with Crippen molar-refractivity contribution in [1.29, 1.82) is 0 Å². The normalized spacial score (nSPS) is 24.5. The van der Waals surface area contributed by atoms with Crippen LogP contribution in [0, 0.1) is 5.92 Å². The van der Waals surface area contributed by atoms with E-state index in [1.54, 1.807) is 0 Å². The Kier molecular flexibility index (Phi) is 7.87. The average molecular weight is 240 g/mol. The summed E-state index contributed by atoms with van der Waals surface area (Å²) >= 11 is 0. The first-order chi connectivity index (χ1) is 8.30. The molecule has 1 saturated heterocycles. The largest absolute Gasteiger partial charge is 0.313 e. The number of hydrogen-bond donors (Lipinski definition) is 1. The second-order valence-corrected chi connectivity index (χ2v) is 5.55. The summed E-state index contributed by atoms with van der Waals surface area (Å²) in [4.78, 5) is 2.69. The Morgan fingerprint density at radius 1 is 1.18 bits per heavy atom. The lowest BCUT2D eigenvalue weighted by molar-refractivity contribution is 0.241. The number of likely N-dealkylation sites (tertiary alicyclic amines) is 1. The van der Waals surface area contributed by atoms with Crippen LogP contribution in [0.15, 0.2) is 0 Å². The Hall–Kier alpha value is -0.0800. The van der Waals surface area contributed by atoms with Crippen molar-refractivity contribution >= 4 is 0 Å². The van der Waals surface area contributed by atoms with Crippen LogP contribution in [0.3, 0.4) is 0 Å². The highest BCUT2D eigenvalue weighted by Gasteiger charge is 2.18. The molecular formula is C15H32N2. The van der Waals surface area contributed by atoms with Gasteiger partial charge in [0, 0.05) is 12.6 Å². The van der Waals surface area contributed by atoms with Gasteiger partial charge in [-0.15, -0.1) is 0 Å². The van der Waals surface area contributed by atoms with Gasteiger partial charge >= 0.3 is 0 Å². The Bertz CT molecular complexity index is 176. The minimum absolute atomic E-state index is 0.711. The van der Waals surface area contributed by atoms with Crippen molar-refractivity contribution in [2.75, 3.05) is 26.2 Å². The standard InChI is InChI=1S/C15H32N2/c1-4-8-15(16-6-3)13-17-11-7-9-14(5-2)10-12-17/h14-16H,4-13H2,1-3H3. The number of nitrogens with zero attached hydrogens (tertiary/aromatic N) is 1. The molecule has 0 bridgehead atoms. The van der Waals surface area contributed by atoms with E-state index in [1.165, 1.54) is 58.2 Å². The maximum absolute atomic E-state index is 3.63. The molecule has 17 heavy (non-hydrogen) atoms. The summed E-state index contributed by atoms with van der Waals surface area (Å²) in [7, 11) is 0. The highest BCUT2D eigenvalue weighted by atomic mass is 15.1. The van der Waals surface area contributed by atoms with E-state index in [2.05, 4.69) is 31.0 Å². The van der Waals surface area contributed by atoms with Gasteiger partial charge in [-0.2, -0.15) is 0 Å². The number of hydrogen-bond acceptors (Lipinski definition) is 2. The molecule has 0 spiro atoms. The molecule has 2 heteroatoms. The van der Waals surface area contributed by atoms with Crippen LogP contribution in [0.4, 0.5) is 0 Å². The highest BCUT2D eigenvalue weighted by molar-refractivity contribution is 4.75. The minimum atomic E-state index is 0.711. The van der Waals surface area contributed by atoms with E-state index in [4.69, 9.17) is 0 Å². The predicted octanol–water partition coefficient (Wildman–Crippen LogP) is 3.28. The van der Waals surface area contributed by atoms with Gasteiger partial charge in [-0.3, -0.25) is 0 Å². The van der Waals surface area contributed by atoms with Crippen LogP contribution in [0.1, 0.15) is 59.3 Å². The average Bonchev–Trinajstić information content (AvgIpc) is 2.55. The van der Waals surface area contributed by atoms with Crippen molar-refractivity contribution in [2.24, 2.45) is 5.92 Å². The van der Waals surface area contributed by atoms with Crippen LogP contribution >= 0.6 is 0 Å². The van der Waals surface area contributed by atoms with E-state index in [0.717, 1.165) is 12.5 Å². The molecule has 0 radical (unpaired) electrons. The topological polar surface area (TPSA) is 15.3 Å². The molecule has 1 heterocycles. The van der Waals surface area contributed by atoms with Crippen molar-refractivity contribution in [3.63, 3.8) is 0 Å². The molecule has 2 nitrogen and oxygen atoms in total. The highest BCUT2D eigenvalue weighted by Crippen LogP contribution is 2.20. The van der Waals surface area contributed by atoms with Gasteiger partial charge in [0.2, 0.25) is 0 Å². The molecule has 0 aromatic heterocycles. The summed E-state index contributed by atoms with van der Waals surface area (Å²) in [5, 5.41) is 3.63. The summed E-state index contributed by atoms with van der Waals surface area (Å²) in [5.74, 6) is 0.990. The summed E-state index contributed by atoms with van der Waals surface area (Å²) in [5.41, 5.74) is 0. The lowest BCUT2D eigenvalue weighted by Crippen LogP contribution is -2.41. The van der Waals surface area contributed by atoms with Gasteiger partial charge < -0.3 is 10.2 Å². The van der Waals surface area contributed by atoms with Crippen molar-refractivity contribution < 1.29 is 0 Å². The predicted molar refractivity (Wildman–Crippen MR) is 76.4 cm³/mol. The molecule has 1 N–H and O–H groups in total. The van der Waals surface area contributed by atoms with E-state index in [9.17, 15) is 0 Å². The molecule has 2 unspecified atom stereocenters. The minimum Gasteiger partial charge on any atom is -0.313 e. The van der Waals surface area contributed by atoms with Gasteiger partial charge in [0.1, 0.15) is 0 Å². The molecule has 2 atom stereocenters. The van der Waals surface area contributed by atoms with Gasteiger partial charge in [0.25, 0.3) is 0 Å². The van der Waals surface area contributed by atoms with Gasteiger partial charge in [0.15, 0.2) is 0 Å². The summed E-state index contributed by atoms with van der Waals surface area (Å²) in [6, 6.07) is 0.711. The second-order valence-electron chi connectivity index (χ2n) is 5.55. The lowest BCUT2D eigenvalue weighted by Gasteiger charge is -2.26. The molecule has 0 amide bonds. The molecule has 0 aliphatic carbocycles. The van der Waals surface area contributed by atoms with Crippen LogP contribution in [-0.4, -0.2) is 37.1 Å². The first-order valence-corrected chi connectivity index (χ1v) is 7.75. The fourth-order valence-corrected chi connectivity index (χ4v) is 3.02. The van der Waals surface area contributed by atoms with Crippen molar-refractivity contribution in [3.8, 4) is 0 Å². The molecule has 1 aliphatic heterocycles. The zero-order chi connectivity index (χ0) is 12.5. The molecule has 1 rings (SSSR count). The van der Waals surface area contributed by atoms with Crippen molar-refractivity contribution in [3.05, 3.63) is 0 Å². The van der Waals surface area contributed by atoms with Crippen LogP contribution < -0.4 is 5.32 Å². The van der Waals surface area contributed by atoms with Crippen LogP contribution in [-0.2, 0) is 0 Å². The molecular weight excluding hydrogens is 208 g/mol. The smallest absolute Gasteiger partial charge is 0.0194 e. The van der Waals surface area contributed by atoms with E-state index in [0.29, 0.717) is 6.04 Å². The molecule has 0 aromatic carbocycles. The third-order valence-electron chi connectivity index (χ3n) is 4.13. The van der Waals surface area contributed by atoms with Gasteiger partial charge in [0.05, 0.1) is 0 Å². The molecule has 1 fully saturated rings. The Morgan fingerprint density at radius 2 is 2.00 bits per heavy atom. The first kappa shape index (κ1) is 15.0. The Labute approximate surface area is 108 Å². The van der Waals surface area contributed by atoms with Crippen LogP contribution in [0.2, 0.25) is 0 Å². The van der Waals surface area contributed by atoms with Crippen molar-refractivity contribution in [1.82, 2.24) is 10.2 Å².